The van der Waals surface area contributed by atoms with Crippen LogP contribution < -0.4 is 0 Å². The zero-order valence-corrected chi connectivity index (χ0v) is 25.5. The third-order valence-electron chi connectivity index (χ3n) is 7.91. The van der Waals surface area contributed by atoms with Gasteiger partial charge in [0.15, 0.2) is 0 Å². The van der Waals surface area contributed by atoms with Gasteiger partial charge in [0.05, 0.1) is 0 Å². The maximum absolute atomic E-state index is 2.81. The van der Waals surface area contributed by atoms with Gasteiger partial charge in [0, 0.05) is 0 Å². The van der Waals surface area contributed by atoms with Crippen LogP contribution in [0.15, 0.2) is 0 Å². The topological polar surface area (TPSA) is 3.24 Å². The first-order valence-electron chi connectivity index (χ1n) is 16.9. The van der Waals surface area contributed by atoms with Crippen molar-refractivity contribution in [3.63, 3.8) is 0 Å². The average Bonchev–Trinajstić information content (AvgIpc) is 2.84. The van der Waals surface area contributed by atoms with Crippen LogP contribution in [0.4, 0.5) is 0 Å². The molecule has 0 fully saturated rings. The normalized spacial score (nSPS) is 11.8. The Labute approximate surface area is 225 Å². The van der Waals surface area contributed by atoms with Gasteiger partial charge in [0.25, 0.3) is 0 Å². The third kappa shape index (κ3) is 30.1. The molecule has 0 aliphatic rings. The molecular formula is C34H71N. The predicted molar refractivity (Wildman–Crippen MR) is 163 cm³/mol. The fourth-order valence-electron chi connectivity index (χ4n) is 5.41. The smallest absolute Gasteiger partial charge is 0.00186 e. The second-order valence-electron chi connectivity index (χ2n) is 12.2. The summed E-state index contributed by atoms with van der Waals surface area (Å²) in [5.41, 5.74) is 0. The van der Waals surface area contributed by atoms with E-state index in [1.54, 1.807) is 0 Å². The van der Waals surface area contributed by atoms with Gasteiger partial charge in [0.2, 0.25) is 0 Å². The molecule has 0 spiro atoms. The van der Waals surface area contributed by atoms with Crippen molar-refractivity contribution in [3.05, 3.63) is 0 Å². The van der Waals surface area contributed by atoms with Crippen molar-refractivity contribution in [1.29, 1.82) is 0 Å². The molecule has 212 valence electrons. The SMILES string of the molecule is CCCCCCCCCCCCCCN(CCCCCCCCCCCCCC)CCCC(C)C. The molecule has 0 aromatic rings. The molecule has 1 heteroatoms. The maximum atomic E-state index is 2.81. The Morgan fingerprint density at radius 2 is 0.600 bits per heavy atom. The van der Waals surface area contributed by atoms with E-state index in [1.165, 1.54) is 187 Å². The zero-order chi connectivity index (χ0) is 25.7. The Balaban J connectivity index is 3.67. The van der Waals surface area contributed by atoms with E-state index in [0.29, 0.717) is 0 Å². The summed E-state index contributed by atoms with van der Waals surface area (Å²) in [5, 5.41) is 0. The van der Waals surface area contributed by atoms with E-state index < -0.39 is 0 Å². The van der Waals surface area contributed by atoms with Crippen LogP contribution >= 0.6 is 0 Å². The molecule has 0 heterocycles. The van der Waals surface area contributed by atoms with Crippen LogP contribution in [-0.4, -0.2) is 24.5 Å². The second kappa shape index (κ2) is 30.2. The van der Waals surface area contributed by atoms with Crippen LogP contribution in [0, 0.1) is 5.92 Å². The van der Waals surface area contributed by atoms with Gasteiger partial charge in [-0.15, -0.1) is 0 Å². The van der Waals surface area contributed by atoms with Crippen LogP contribution in [0.1, 0.15) is 195 Å². The Bertz CT molecular complexity index is 336. The number of nitrogens with zero attached hydrogens (tertiary/aromatic N) is 1. The van der Waals surface area contributed by atoms with Crippen molar-refractivity contribution in [2.75, 3.05) is 19.6 Å². The summed E-state index contributed by atoms with van der Waals surface area (Å²) in [6.45, 7) is 13.4. The molecule has 35 heavy (non-hydrogen) atoms. The number of rotatable bonds is 30. The highest BCUT2D eigenvalue weighted by atomic mass is 15.1. The lowest BCUT2D eigenvalue weighted by Crippen LogP contribution is -2.27. The summed E-state index contributed by atoms with van der Waals surface area (Å²) >= 11 is 0. The summed E-state index contributed by atoms with van der Waals surface area (Å²) < 4.78 is 0. The average molecular weight is 494 g/mol. The lowest BCUT2D eigenvalue weighted by Gasteiger charge is -2.23. The highest BCUT2D eigenvalue weighted by Gasteiger charge is 2.06. The van der Waals surface area contributed by atoms with E-state index in [0.717, 1.165) is 5.92 Å². The minimum absolute atomic E-state index is 0.857. The highest BCUT2D eigenvalue weighted by Crippen LogP contribution is 2.14. The third-order valence-corrected chi connectivity index (χ3v) is 7.91. The van der Waals surface area contributed by atoms with Crippen molar-refractivity contribution < 1.29 is 0 Å². The molecule has 0 aromatic carbocycles. The van der Waals surface area contributed by atoms with Gasteiger partial charge >= 0.3 is 0 Å². The fraction of sp³-hybridized carbons (Fsp3) is 1.00. The molecule has 0 atom stereocenters. The van der Waals surface area contributed by atoms with E-state index >= 15 is 0 Å². The predicted octanol–water partition coefficient (Wildman–Crippen LogP) is 12.1. The van der Waals surface area contributed by atoms with Crippen molar-refractivity contribution in [2.45, 2.75) is 195 Å². The van der Waals surface area contributed by atoms with Gasteiger partial charge in [-0.3, -0.25) is 0 Å². The van der Waals surface area contributed by atoms with Crippen LogP contribution in [0.2, 0.25) is 0 Å². The summed E-state index contributed by atoms with van der Waals surface area (Å²) in [6.07, 6.45) is 37.7. The maximum Gasteiger partial charge on any atom is -0.00186 e. The van der Waals surface area contributed by atoms with Crippen LogP contribution in [0.3, 0.4) is 0 Å². The van der Waals surface area contributed by atoms with Crippen LogP contribution in [0.25, 0.3) is 0 Å². The molecular weight excluding hydrogens is 422 g/mol. The molecule has 0 aliphatic heterocycles. The molecule has 0 saturated carbocycles. The van der Waals surface area contributed by atoms with E-state index in [9.17, 15) is 0 Å². The molecule has 0 unspecified atom stereocenters. The number of unbranched alkanes of at least 4 members (excludes halogenated alkanes) is 22. The number of hydrogen-bond donors (Lipinski definition) is 0. The quantitative estimate of drug-likeness (QED) is 0.0899. The zero-order valence-electron chi connectivity index (χ0n) is 25.5. The molecule has 0 bridgehead atoms. The molecule has 0 amide bonds. The minimum Gasteiger partial charge on any atom is -0.303 e. The largest absolute Gasteiger partial charge is 0.303 e. The molecule has 0 radical (unpaired) electrons. The van der Waals surface area contributed by atoms with Gasteiger partial charge in [-0.25, -0.2) is 0 Å². The summed E-state index contributed by atoms with van der Waals surface area (Å²) in [5.74, 6) is 0.857. The fourth-order valence-corrected chi connectivity index (χ4v) is 5.41. The Hall–Kier alpha value is -0.0400. The molecule has 1 nitrogen and oxygen atoms in total. The van der Waals surface area contributed by atoms with Crippen molar-refractivity contribution in [1.82, 2.24) is 4.90 Å². The molecule has 0 aliphatic carbocycles. The van der Waals surface area contributed by atoms with E-state index in [4.69, 9.17) is 0 Å². The molecule has 0 N–H and O–H groups in total. The second-order valence-corrected chi connectivity index (χ2v) is 12.2. The Morgan fingerprint density at radius 1 is 0.343 bits per heavy atom. The standard InChI is InChI=1S/C34H71N/c1-5-7-9-11-13-15-17-19-21-23-25-27-31-35(33-29-30-34(3)4)32-28-26-24-22-20-18-16-14-12-10-8-6-2/h34H,5-33H2,1-4H3. The summed E-state index contributed by atoms with van der Waals surface area (Å²) in [7, 11) is 0. The van der Waals surface area contributed by atoms with Gasteiger partial charge in [-0.2, -0.15) is 0 Å². The monoisotopic (exact) mass is 494 g/mol. The van der Waals surface area contributed by atoms with E-state index in [2.05, 4.69) is 32.6 Å². The summed E-state index contributed by atoms with van der Waals surface area (Å²) in [6, 6.07) is 0. The molecule has 0 saturated heterocycles. The van der Waals surface area contributed by atoms with Gasteiger partial charge in [-0.1, -0.05) is 169 Å². The van der Waals surface area contributed by atoms with Crippen molar-refractivity contribution >= 4 is 0 Å². The lowest BCUT2D eigenvalue weighted by atomic mass is 10.0. The van der Waals surface area contributed by atoms with Crippen LogP contribution in [0.5, 0.6) is 0 Å². The lowest BCUT2D eigenvalue weighted by molar-refractivity contribution is 0.251. The van der Waals surface area contributed by atoms with E-state index in [-0.39, 0.29) is 0 Å². The first-order valence-corrected chi connectivity index (χ1v) is 16.9. The van der Waals surface area contributed by atoms with Crippen LogP contribution in [-0.2, 0) is 0 Å². The minimum atomic E-state index is 0.857. The Morgan fingerprint density at radius 3 is 0.886 bits per heavy atom. The van der Waals surface area contributed by atoms with E-state index in [1.807, 2.05) is 0 Å². The molecule has 0 rings (SSSR count). The van der Waals surface area contributed by atoms with Crippen molar-refractivity contribution in [3.8, 4) is 0 Å². The first kappa shape index (κ1) is 35.0. The van der Waals surface area contributed by atoms with Crippen molar-refractivity contribution in [2.24, 2.45) is 5.92 Å². The summed E-state index contributed by atoms with van der Waals surface area (Å²) in [4.78, 5) is 2.81. The van der Waals surface area contributed by atoms with Gasteiger partial charge in [0.1, 0.15) is 0 Å². The number of hydrogen-bond acceptors (Lipinski definition) is 1. The molecule has 0 aromatic heterocycles. The van der Waals surface area contributed by atoms with Gasteiger partial charge in [-0.05, 0) is 51.2 Å². The highest BCUT2D eigenvalue weighted by molar-refractivity contribution is 4.61. The Kier molecular flexibility index (Phi) is 30.2. The first-order chi connectivity index (χ1) is 17.2. The van der Waals surface area contributed by atoms with Gasteiger partial charge < -0.3 is 4.90 Å².